The summed E-state index contributed by atoms with van der Waals surface area (Å²) in [4.78, 5) is 0. The molecule has 0 radical (unpaired) electrons. The summed E-state index contributed by atoms with van der Waals surface area (Å²) in [7, 11) is 0. The van der Waals surface area contributed by atoms with Crippen molar-refractivity contribution in [2.45, 2.75) is 64.0 Å². The zero-order valence-electron chi connectivity index (χ0n) is 9.63. The minimum absolute atomic E-state index is 0.452. The van der Waals surface area contributed by atoms with Crippen molar-refractivity contribution in [3.63, 3.8) is 0 Å². The fourth-order valence-corrected chi connectivity index (χ4v) is 4.57. The van der Waals surface area contributed by atoms with Gasteiger partial charge in [0, 0.05) is 0 Å². The molecule has 3 saturated carbocycles. The molecule has 15 heavy (non-hydrogen) atoms. The van der Waals surface area contributed by atoms with Crippen LogP contribution in [0.25, 0.3) is 0 Å². The Kier molecular flexibility index (Phi) is 2.74. The number of alkyl halides is 1. The molecule has 0 nitrogen and oxygen atoms in total. The van der Waals surface area contributed by atoms with E-state index in [-0.39, 0.29) is 0 Å². The van der Waals surface area contributed by atoms with E-state index < -0.39 is 6.17 Å². The standard InChI is InChI=1S/C14H23F/c15-14-7-3-6-12-8-10-4-1-2-5-11(10)9-13(12)14/h10-14H,1-9H2. The van der Waals surface area contributed by atoms with Crippen molar-refractivity contribution in [1.82, 2.24) is 0 Å². The van der Waals surface area contributed by atoms with E-state index in [1.807, 2.05) is 0 Å². The summed E-state index contributed by atoms with van der Waals surface area (Å²) in [5.74, 6) is 3.09. The monoisotopic (exact) mass is 210 g/mol. The number of fused-ring (bicyclic) bond motifs is 2. The van der Waals surface area contributed by atoms with E-state index in [4.69, 9.17) is 0 Å². The second kappa shape index (κ2) is 4.07. The molecular weight excluding hydrogens is 187 g/mol. The molecule has 0 saturated heterocycles. The Hall–Kier alpha value is -0.0700. The molecule has 5 unspecified atom stereocenters. The third kappa shape index (κ3) is 1.83. The molecular formula is C14H23F. The lowest BCUT2D eigenvalue weighted by Crippen LogP contribution is -2.40. The molecule has 0 heterocycles. The van der Waals surface area contributed by atoms with Crippen molar-refractivity contribution >= 4 is 0 Å². The van der Waals surface area contributed by atoms with Crippen molar-refractivity contribution in [2.75, 3.05) is 0 Å². The number of halogens is 1. The lowest BCUT2D eigenvalue weighted by atomic mass is 9.59. The summed E-state index contributed by atoms with van der Waals surface area (Å²) in [5, 5.41) is 0. The van der Waals surface area contributed by atoms with Gasteiger partial charge in [0.1, 0.15) is 6.17 Å². The van der Waals surface area contributed by atoms with Gasteiger partial charge in [-0.25, -0.2) is 4.39 Å². The van der Waals surface area contributed by atoms with Crippen molar-refractivity contribution in [1.29, 1.82) is 0 Å². The first-order valence-corrected chi connectivity index (χ1v) is 6.98. The van der Waals surface area contributed by atoms with Crippen LogP contribution in [0.3, 0.4) is 0 Å². The molecule has 1 heteroatoms. The molecule has 3 fully saturated rings. The molecule has 0 bridgehead atoms. The van der Waals surface area contributed by atoms with Gasteiger partial charge >= 0.3 is 0 Å². The minimum atomic E-state index is -0.452. The maximum Gasteiger partial charge on any atom is 0.103 e. The predicted molar refractivity (Wildman–Crippen MR) is 60.4 cm³/mol. The van der Waals surface area contributed by atoms with Crippen LogP contribution in [0.5, 0.6) is 0 Å². The Bertz CT molecular complexity index is 225. The predicted octanol–water partition coefficient (Wildman–Crippen LogP) is 4.34. The molecule has 0 amide bonds. The van der Waals surface area contributed by atoms with Gasteiger partial charge in [-0.2, -0.15) is 0 Å². The fraction of sp³-hybridized carbons (Fsp3) is 1.00. The molecule has 0 spiro atoms. The molecule has 5 atom stereocenters. The first-order valence-electron chi connectivity index (χ1n) is 6.98. The SMILES string of the molecule is FC1CCCC2CC3CCCCC3CC12. The Morgan fingerprint density at radius 2 is 1.33 bits per heavy atom. The van der Waals surface area contributed by atoms with Crippen molar-refractivity contribution < 1.29 is 4.39 Å². The molecule has 0 aromatic carbocycles. The summed E-state index contributed by atoms with van der Waals surface area (Å²) in [6.45, 7) is 0. The zero-order valence-corrected chi connectivity index (χ0v) is 9.63. The van der Waals surface area contributed by atoms with Gasteiger partial charge in [-0.05, 0) is 49.4 Å². The quantitative estimate of drug-likeness (QED) is 0.558. The Morgan fingerprint density at radius 1 is 0.667 bits per heavy atom. The van der Waals surface area contributed by atoms with Gasteiger partial charge in [-0.1, -0.05) is 32.1 Å². The van der Waals surface area contributed by atoms with Crippen molar-refractivity contribution in [3.8, 4) is 0 Å². The van der Waals surface area contributed by atoms with E-state index in [9.17, 15) is 4.39 Å². The van der Waals surface area contributed by atoms with Crippen molar-refractivity contribution in [2.24, 2.45) is 23.7 Å². The van der Waals surface area contributed by atoms with E-state index in [1.54, 1.807) is 0 Å². The number of hydrogen-bond donors (Lipinski definition) is 0. The van der Waals surface area contributed by atoms with E-state index in [0.717, 1.165) is 30.6 Å². The van der Waals surface area contributed by atoms with Crippen LogP contribution >= 0.6 is 0 Å². The second-order valence-corrected chi connectivity index (χ2v) is 6.15. The smallest absolute Gasteiger partial charge is 0.103 e. The largest absolute Gasteiger partial charge is 0.247 e. The average molecular weight is 210 g/mol. The third-order valence-corrected chi connectivity index (χ3v) is 5.37. The highest BCUT2D eigenvalue weighted by Gasteiger charge is 2.42. The number of rotatable bonds is 0. The molecule has 0 aromatic rings. The highest BCUT2D eigenvalue weighted by Crippen LogP contribution is 2.50. The fourth-order valence-electron chi connectivity index (χ4n) is 4.57. The summed E-state index contributed by atoms with van der Waals surface area (Å²) < 4.78 is 13.9. The minimum Gasteiger partial charge on any atom is -0.247 e. The Morgan fingerprint density at radius 3 is 2.13 bits per heavy atom. The van der Waals surface area contributed by atoms with Crippen LogP contribution in [0.4, 0.5) is 4.39 Å². The normalized spacial score (nSPS) is 50.6. The lowest BCUT2D eigenvalue weighted by molar-refractivity contribution is 0.00323. The maximum absolute atomic E-state index is 13.9. The molecule has 0 N–H and O–H groups in total. The van der Waals surface area contributed by atoms with Gasteiger partial charge in [0.25, 0.3) is 0 Å². The third-order valence-electron chi connectivity index (χ3n) is 5.37. The highest BCUT2D eigenvalue weighted by molar-refractivity contribution is 4.92. The van der Waals surface area contributed by atoms with Gasteiger partial charge in [0.15, 0.2) is 0 Å². The van der Waals surface area contributed by atoms with E-state index in [2.05, 4.69) is 0 Å². The summed E-state index contributed by atoms with van der Waals surface area (Å²) in [5.41, 5.74) is 0. The van der Waals surface area contributed by atoms with Crippen LogP contribution in [-0.4, -0.2) is 6.17 Å². The molecule has 86 valence electrons. The molecule has 3 aliphatic carbocycles. The van der Waals surface area contributed by atoms with Crippen LogP contribution in [0.15, 0.2) is 0 Å². The average Bonchev–Trinajstić information content (AvgIpc) is 2.27. The molecule has 0 aromatic heterocycles. The van der Waals surface area contributed by atoms with Crippen LogP contribution in [0.2, 0.25) is 0 Å². The van der Waals surface area contributed by atoms with E-state index >= 15 is 0 Å². The molecule has 0 aliphatic heterocycles. The Labute approximate surface area is 92.6 Å². The maximum atomic E-state index is 13.9. The van der Waals surface area contributed by atoms with Crippen molar-refractivity contribution in [3.05, 3.63) is 0 Å². The van der Waals surface area contributed by atoms with Crippen LogP contribution in [0.1, 0.15) is 57.8 Å². The zero-order chi connectivity index (χ0) is 10.3. The van der Waals surface area contributed by atoms with E-state index in [1.165, 1.54) is 44.9 Å². The topological polar surface area (TPSA) is 0 Å². The van der Waals surface area contributed by atoms with Gasteiger partial charge in [-0.15, -0.1) is 0 Å². The molecule has 3 rings (SSSR count). The van der Waals surface area contributed by atoms with Gasteiger partial charge in [0.05, 0.1) is 0 Å². The van der Waals surface area contributed by atoms with Gasteiger partial charge < -0.3 is 0 Å². The Balaban J connectivity index is 1.71. The molecule has 3 aliphatic rings. The van der Waals surface area contributed by atoms with Gasteiger partial charge in [0.2, 0.25) is 0 Å². The summed E-state index contributed by atoms with van der Waals surface area (Å²) in [6.07, 6.45) is 11.2. The van der Waals surface area contributed by atoms with Gasteiger partial charge in [-0.3, -0.25) is 0 Å². The number of hydrogen-bond acceptors (Lipinski definition) is 0. The first-order chi connectivity index (χ1) is 7.34. The second-order valence-electron chi connectivity index (χ2n) is 6.15. The first kappa shape index (κ1) is 10.1. The summed E-state index contributed by atoms with van der Waals surface area (Å²) in [6, 6.07) is 0. The van der Waals surface area contributed by atoms with Crippen LogP contribution in [0, 0.1) is 23.7 Å². The summed E-state index contributed by atoms with van der Waals surface area (Å²) >= 11 is 0. The lowest BCUT2D eigenvalue weighted by Gasteiger charge is -2.47. The highest BCUT2D eigenvalue weighted by atomic mass is 19.1. The van der Waals surface area contributed by atoms with Crippen LogP contribution < -0.4 is 0 Å². The van der Waals surface area contributed by atoms with E-state index in [0.29, 0.717) is 5.92 Å². The van der Waals surface area contributed by atoms with Crippen LogP contribution in [-0.2, 0) is 0 Å².